The highest BCUT2D eigenvalue weighted by atomic mass is 16.5. The first kappa shape index (κ1) is 37.0. The number of ether oxygens (including phenoxy) is 1. The van der Waals surface area contributed by atoms with Gasteiger partial charge >= 0.3 is 6.09 Å². The molecule has 0 radical (unpaired) electrons. The number of rotatable bonds is 11. The summed E-state index contributed by atoms with van der Waals surface area (Å²) in [6.45, 7) is 5.00. The molecule has 0 spiro atoms. The fraction of sp³-hybridized carbons (Fsp3) is 0.409. The van der Waals surface area contributed by atoms with Gasteiger partial charge in [-0.15, -0.1) is 0 Å². The third-order valence-electron chi connectivity index (χ3n) is 11.4. The largest absolute Gasteiger partial charge is 0.453 e. The van der Waals surface area contributed by atoms with Crippen molar-refractivity contribution >= 4 is 40.5 Å². The number of likely N-dealkylation sites (tertiary alicyclic amines) is 1. The molecule has 54 heavy (non-hydrogen) atoms. The lowest BCUT2D eigenvalue weighted by atomic mass is 9.75. The first-order chi connectivity index (χ1) is 26.3. The molecule has 3 aliphatic heterocycles. The van der Waals surface area contributed by atoms with Gasteiger partial charge in [0.05, 0.1) is 13.2 Å². The Morgan fingerprint density at radius 3 is 2.07 bits per heavy atom. The Labute approximate surface area is 317 Å². The summed E-state index contributed by atoms with van der Waals surface area (Å²) in [7, 11) is 1.31. The Balaban J connectivity index is 0.929. The van der Waals surface area contributed by atoms with Crippen LogP contribution in [0, 0.1) is 17.8 Å². The highest BCUT2D eigenvalue weighted by Gasteiger charge is 2.39. The van der Waals surface area contributed by atoms with Gasteiger partial charge in [-0.25, -0.2) is 4.79 Å². The molecular formula is C44H50N6O4. The van der Waals surface area contributed by atoms with Gasteiger partial charge < -0.3 is 20.3 Å². The highest BCUT2D eigenvalue weighted by molar-refractivity contribution is 6.04. The zero-order valence-corrected chi connectivity index (χ0v) is 31.5. The molecule has 2 aromatic carbocycles. The maximum Gasteiger partial charge on any atom is 0.407 e. The summed E-state index contributed by atoms with van der Waals surface area (Å²) >= 11 is 0. The summed E-state index contributed by atoms with van der Waals surface area (Å²) in [6, 6.07) is 20.4. The molecule has 0 unspecified atom stereocenters. The van der Waals surface area contributed by atoms with Crippen LogP contribution in [-0.4, -0.2) is 65.0 Å². The van der Waals surface area contributed by atoms with Crippen LogP contribution >= 0.6 is 0 Å². The van der Waals surface area contributed by atoms with E-state index >= 15 is 0 Å². The number of amides is 3. The predicted octanol–water partition coefficient (Wildman–Crippen LogP) is 7.61. The number of benzene rings is 2. The number of nitrogens with zero attached hydrogens (tertiary/aromatic N) is 4. The second-order valence-electron chi connectivity index (χ2n) is 15.2. The Hall–Kier alpha value is -5.38. The van der Waals surface area contributed by atoms with Gasteiger partial charge in [0.25, 0.3) is 0 Å². The molecule has 3 amide bonds. The van der Waals surface area contributed by atoms with E-state index in [9.17, 15) is 14.4 Å². The molecule has 1 saturated carbocycles. The molecule has 4 heterocycles. The monoisotopic (exact) mass is 726 g/mol. The summed E-state index contributed by atoms with van der Waals surface area (Å²) in [4.78, 5) is 54.5. The topological polar surface area (TPSA) is 125 Å². The fourth-order valence-corrected chi connectivity index (χ4v) is 8.35. The fourth-order valence-electron chi connectivity index (χ4n) is 8.35. The summed E-state index contributed by atoms with van der Waals surface area (Å²) in [5.41, 5.74) is 10.00. The van der Waals surface area contributed by atoms with Gasteiger partial charge in [-0.3, -0.25) is 24.6 Å². The number of hydrogen-bond donors (Lipinski definition) is 2. The number of carbonyl (C=O) groups excluding carboxylic acids is 3. The zero-order valence-electron chi connectivity index (χ0n) is 31.5. The van der Waals surface area contributed by atoms with Crippen LogP contribution in [0.2, 0.25) is 0 Å². The van der Waals surface area contributed by atoms with E-state index in [4.69, 9.17) is 14.7 Å². The third-order valence-corrected chi connectivity index (χ3v) is 11.4. The van der Waals surface area contributed by atoms with Gasteiger partial charge in [0.1, 0.15) is 6.04 Å². The average Bonchev–Trinajstić information content (AvgIpc) is 4.01. The van der Waals surface area contributed by atoms with Crippen LogP contribution in [-0.2, 0) is 20.9 Å². The number of pyridine rings is 1. The number of carbonyl (C=O) groups is 3. The number of aliphatic imine (C=N–C) groups is 2. The van der Waals surface area contributed by atoms with E-state index in [-0.39, 0.29) is 35.6 Å². The van der Waals surface area contributed by atoms with E-state index in [1.54, 1.807) is 12.4 Å². The van der Waals surface area contributed by atoms with Gasteiger partial charge in [-0.2, -0.15) is 0 Å². The summed E-state index contributed by atoms with van der Waals surface area (Å²) in [5, 5.41) is 5.87. The van der Waals surface area contributed by atoms with Gasteiger partial charge in [0.2, 0.25) is 11.8 Å². The number of hydrogen-bond acceptors (Lipinski definition) is 7. The van der Waals surface area contributed by atoms with E-state index in [2.05, 4.69) is 64.1 Å². The molecular weight excluding hydrogens is 677 g/mol. The maximum absolute atomic E-state index is 13.6. The van der Waals surface area contributed by atoms with Crippen LogP contribution in [0.5, 0.6) is 0 Å². The van der Waals surface area contributed by atoms with Crippen LogP contribution in [0.1, 0.15) is 81.9 Å². The van der Waals surface area contributed by atoms with Crippen molar-refractivity contribution in [2.75, 3.05) is 13.7 Å². The quantitative estimate of drug-likeness (QED) is 0.211. The van der Waals surface area contributed by atoms with Gasteiger partial charge in [0, 0.05) is 74.0 Å². The highest BCUT2D eigenvalue weighted by Crippen LogP contribution is 2.37. The SMILES string of the molecule is COC(=O)N[C@H](C(=O)N1CCC[C@H]1C1=NC=C(c2ccc(-c3ccc(C4=CN=C([C@@H]5CCCC[C@@H]5C(=O)NCc5cccnc5)C4)cc3)cc2)C1)C(C)C. The summed E-state index contributed by atoms with van der Waals surface area (Å²) in [5.74, 6) is 0.0786. The van der Waals surface area contributed by atoms with Crippen LogP contribution in [0.15, 0.2) is 95.4 Å². The van der Waals surface area contributed by atoms with Crippen molar-refractivity contribution in [2.24, 2.45) is 27.7 Å². The van der Waals surface area contributed by atoms with Gasteiger partial charge in [0.15, 0.2) is 0 Å². The van der Waals surface area contributed by atoms with E-state index in [0.717, 1.165) is 89.8 Å². The van der Waals surface area contributed by atoms with Crippen molar-refractivity contribution in [3.63, 3.8) is 0 Å². The molecule has 0 bridgehead atoms. The van der Waals surface area contributed by atoms with Crippen LogP contribution in [0.4, 0.5) is 4.79 Å². The lowest BCUT2D eigenvalue weighted by molar-refractivity contribution is -0.134. The third kappa shape index (κ3) is 8.22. The molecule has 7 rings (SSSR count). The van der Waals surface area contributed by atoms with Crippen LogP contribution < -0.4 is 10.6 Å². The predicted molar refractivity (Wildman–Crippen MR) is 212 cm³/mol. The van der Waals surface area contributed by atoms with Gasteiger partial charge in [-0.1, -0.05) is 81.3 Å². The Bertz CT molecular complexity index is 1970. The first-order valence-corrected chi connectivity index (χ1v) is 19.3. The lowest BCUT2D eigenvalue weighted by Gasteiger charge is -2.31. The average molecular weight is 727 g/mol. The molecule has 2 fully saturated rings. The van der Waals surface area contributed by atoms with E-state index in [0.29, 0.717) is 19.5 Å². The number of methoxy groups -OCH3 is 1. The molecule has 1 saturated heterocycles. The number of nitrogens with one attached hydrogen (secondary N) is 2. The van der Waals surface area contributed by atoms with Crippen molar-refractivity contribution in [1.82, 2.24) is 20.5 Å². The molecule has 1 aliphatic carbocycles. The molecule has 10 heteroatoms. The van der Waals surface area contributed by atoms with Crippen LogP contribution in [0.3, 0.4) is 0 Å². The van der Waals surface area contributed by atoms with Crippen molar-refractivity contribution < 1.29 is 19.1 Å². The Kier molecular flexibility index (Phi) is 11.5. The molecule has 4 atom stereocenters. The molecule has 3 aromatic rings. The van der Waals surface area contributed by atoms with Crippen molar-refractivity contribution in [1.29, 1.82) is 0 Å². The second-order valence-corrected chi connectivity index (χ2v) is 15.2. The minimum absolute atomic E-state index is 0.0497. The van der Waals surface area contributed by atoms with Crippen molar-refractivity contribution in [3.05, 3.63) is 102 Å². The van der Waals surface area contributed by atoms with E-state index < -0.39 is 12.1 Å². The van der Waals surface area contributed by atoms with Crippen LogP contribution in [0.25, 0.3) is 22.3 Å². The number of allylic oxidation sites excluding steroid dienone is 2. The second kappa shape index (κ2) is 16.7. The number of aromatic nitrogens is 1. The molecule has 2 N–H and O–H groups in total. The standard InChI is InChI=1S/C44H50N6O4/c1-28(2)41(49-44(53)54-3)43(52)50-21-7-11-40(50)39-23-35(27-47-39)33-18-14-31(15-19-33)30-12-16-32(17-13-30)34-22-38(46-26-34)36-9-4-5-10-37(36)42(51)48-25-29-8-6-20-45-24-29/h6,8,12-20,24,26-28,36-37,40-41H,4-5,7,9-11,21-23,25H2,1-3H3,(H,48,51)(H,49,53)/t36-,37+,40+,41+/m1/s1. The zero-order chi connectivity index (χ0) is 37.6. The van der Waals surface area contributed by atoms with Crippen molar-refractivity contribution in [3.8, 4) is 11.1 Å². The molecule has 1 aromatic heterocycles. The lowest BCUT2D eigenvalue weighted by Crippen LogP contribution is -2.53. The first-order valence-electron chi connectivity index (χ1n) is 19.3. The summed E-state index contributed by atoms with van der Waals surface area (Å²) < 4.78 is 4.77. The van der Waals surface area contributed by atoms with E-state index in [1.807, 2.05) is 43.3 Å². The normalized spacial score (nSPS) is 21.6. The minimum Gasteiger partial charge on any atom is -0.453 e. The molecule has 280 valence electrons. The Morgan fingerprint density at radius 1 is 0.815 bits per heavy atom. The molecule has 10 nitrogen and oxygen atoms in total. The Morgan fingerprint density at radius 2 is 1.44 bits per heavy atom. The van der Waals surface area contributed by atoms with Crippen molar-refractivity contribution in [2.45, 2.75) is 83.8 Å². The summed E-state index contributed by atoms with van der Waals surface area (Å²) in [6.07, 6.45) is 14.2. The molecule has 4 aliphatic rings. The smallest absolute Gasteiger partial charge is 0.407 e. The maximum atomic E-state index is 13.6. The van der Waals surface area contributed by atoms with E-state index in [1.165, 1.54) is 12.7 Å². The van der Waals surface area contributed by atoms with Gasteiger partial charge in [-0.05, 0) is 76.6 Å². The minimum atomic E-state index is -0.646. The number of alkyl carbamates (subject to hydrolysis) is 1.